The summed E-state index contributed by atoms with van der Waals surface area (Å²) in [5, 5.41) is 9.07. The number of allylic oxidation sites excluding steroid dienone is 4. The fraction of sp³-hybridized carbons (Fsp3) is 0.321. The van der Waals surface area contributed by atoms with Crippen LogP contribution >= 0.6 is 0 Å². The number of carbonyl (C=O) groups is 3. The molecule has 34 heavy (non-hydrogen) atoms. The lowest BCUT2D eigenvalue weighted by atomic mass is 9.71. The Morgan fingerprint density at radius 2 is 1.56 bits per heavy atom. The molecule has 174 valence electrons. The van der Waals surface area contributed by atoms with Crippen LogP contribution in [-0.2, 0) is 16.2 Å². The summed E-state index contributed by atoms with van der Waals surface area (Å²) in [7, 11) is 1.99. The number of carbonyl (C=O) groups excluding carboxylic acids is 2. The third-order valence-corrected chi connectivity index (χ3v) is 7.04. The molecule has 0 fully saturated rings. The van der Waals surface area contributed by atoms with E-state index in [0.29, 0.717) is 18.6 Å². The molecule has 0 bridgehead atoms. The van der Waals surface area contributed by atoms with E-state index in [1.165, 1.54) is 0 Å². The highest BCUT2D eigenvalue weighted by atomic mass is 16.5. The van der Waals surface area contributed by atoms with Gasteiger partial charge in [0.1, 0.15) is 12.4 Å². The van der Waals surface area contributed by atoms with E-state index in [4.69, 9.17) is 9.84 Å². The Balaban J connectivity index is 1.48. The molecule has 6 nitrogen and oxygen atoms in total. The fourth-order valence-corrected chi connectivity index (χ4v) is 5.38. The second kappa shape index (κ2) is 8.93. The number of ketones is 2. The number of Topliss-reactive ketones (excluding diaryl/α,β-unsaturated/α-hetero) is 2. The van der Waals surface area contributed by atoms with Crippen molar-refractivity contribution in [3.8, 4) is 5.75 Å². The molecule has 1 aliphatic heterocycles. The summed E-state index contributed by atoms with van der Waals surface area (Å²) >= 11 is 0. The van der Waals surface area contributed by atoms with Crippen LogP contribution in [0.25, 0.3) is 0 Å². The third-order valence-electron chi connectivity index (χ3n) is 7.04. The van der Waals surface area contributed by atoms with E-state index in [0.717, 1.165) is 59.4 Å². The van der Waals surface area contributed by atoms with Crippen LogP contribution in [0.5, 0.6) is 5.75 Å². The van der Waals surface area contributed by atoms with Crippen molar-refractivity contribution in [1.82, 2.24) is 4.90 Å². The van der Waals surface area contributed by atoms with Gasteiger partial charge < -0.3 is 14.7 Å². The van der Waals surface area contributed by atoms with Gasteiger partial charge in [0.15, 0.2) is 11.6 Å². The highest BCUT2D eigenvalue weighted by molar-refractivity contribution is 6.06. The van der Waals surface area contributed by atoms with Crippen LogP contribution in [0.3, 0.4) is 0 Å². The minimum absolute atomic E-state index is 0.132. The topological polar surface area (TPSA) is 83.9 Å². The van der Waals surface area contributed by atoms with E-state index in [9.17, 15) is 14.4 Å². The molecule has 0 aromatic heterocycles. The molecule has 2 aliphatic carbocycles. The zero-order chi connectivity index (χ0) is 23.8. The first-order valence-corrected chi connectivity index (χ1v) is 11.7. The van der Waals surface area contributed by atoms with Gasteiger partial charge >= 0.3 is 5.97 Å². The Morgan fingerprint density at radius 1 is 0.941 bits per heavy atom. The highest BCUT2D eigenvalue weighted by Crippen LogP contribution is 2.48. The van der Waals surface area contributed by atoms with Gasteiger partial charge in [0, 0.05) is 48.3 Å². The van der Waals surface area contributed by atoms with Crippen LogP contribution in [0.15, 0.2) is 71.1 Å². The predicted octanol–water partition coefficient (Wildman–Crippen LogP) is 5.01. The SMILES string of the molecule is CN1C2=C(C(=O)CCC2)C(c2cccc(OCc3ccc(C(=O)O)cc3)c2)C2=C1CCCC2=O. The molecule has 0 saturated carbocycles. The molecule has 2 aromatic rings. The normalized spacial score (nSPS) is 18.7. The maximum absolute atomic E-state index is 13.1. The highest BCUT2D eigenvalue weighted by Gasteiger charge is 2.42. The zero-order valence-electron chi connectivity index (χ0n) is 19.2. The lowest BCUT2D eigenvalue weighted by Crippen LogP contribution is -2.37. The first kappa shape index (κ1) is 22.1. The monoisotopic (exact) mass is 457 g/mol. The van der Waals surface area contributed by atoms with Gasteiger partial charge in [-0.3, -0.25) is 9.59 Å². The minimum Gasteiger partial charge on any atom is -0.489 e. The molecule has 1 N–H and O–H groups in total. The Hall–Kier alpha value is -3.67. The molecular weight excluding hydrogens is 430 g/mol. The zero-order valence-corrected chi connectivity index (χ0v) is 19.2. The van der Waals surface area contributed by atoms with E-state index in [1.54, 1.807) is 24.3 Å². The number of carboxylic acids is 1. The number of benzene rings is 2. The Kier molecular flexibility index (Phi) is 5.82. The van der Waals surface area contributed by atoms with Crippen molar-refractivity contribution in [1.29, 1.82) is 0 Å². The quantitative estimate of drug-likeness (QED) is 0.680. The summed E-state index contributed by atoms with van der Waals surface area (Å²) in [6.07, 6.45) is 4.42. The number of carboxylic acid groups (broad SMARTS) is 1. The van der Waals surface area contributed by atoms with E-state index in [-0.39, 0.29) is 29.7 Å². The van der Waals surface area contributed by atoms with Crippen LogP contribution < -0.4 is 4.74 Å². The van der Waals surface area contributed by atoms with Gasteiger partial charge in [-0.05, 0) is 61.1 Å². The van der Waals surface area contributed by atoms with Crippen LogP contribution in [0, 0.1) is 0 Å². The lowest BCUT2D eigenvalue weighted by Gasteiger charge is -2.42. The summed E-state index contributed by atoms with van der Waals surface area (Å²) in [4.78, 5) is 39.4. The Bertz CT molecular complexity index is 1190. The Morgan fingerprint density at radius 3 is 2.15 bits per heavy atom. The van der Waals surface area contributed by atoms with Gasteiger partial charge in [-0.15, -0.1) is 0 Å². The van der Waals surface area contributed by atoms with E-state index in [2.05, 4.69) is 4.90 Å². The second-order valence-electron chi connectivity index (χ2n) is 9.13. The molecule has 1 heterocycles. The number of ether oxygens (including phenoxy) is 1. The van der Waals surface area contributed by atoms with Crippen molar-refractivity contribution in [2.45, 2.75) is 51.0 Å². The lowest BCUT2D eigenvalue weighted by molar-refractivity contribution is -0.117. The number of hydrogen-bond acceptors (Lipinski definition) is 5. The van der Waals surface area contributed by atoms with Crippen molar-refractivity contribution in [3.63, 3.8) is 0 Å². The molecule has 0 unspecified atom stereocenters. The summed E-state index contributed by atoms with van der Waals surface area (Å²) < 4.78 is 6.01. The van der Waals surface area contributed by atoms with Crippen molar-refractivity contribution in [2.75, 3.05) is 7.05 Å². The minimum atomic E-state index is -0.963. The number of hydrogen-bond donors (Lipinski definition) is 1. The van der Waals surface area contributed by atoms with E-state index in [1.807, 2.05) is 31.3 Å². The molecule has 3 aliphatic rings. The molecule has 0 spiro atoms. The maximum Gasteiger partial charge on any atom is 0.335 e. The first-order chi connectivity index (χ1) is 16.4. The maximum atomic E-state index is 13.1. The standard InChI is InChI=1S/C28H27NO5/c1-29-21-7-3-9-23(30)26(21)25(27-22(29)8-4-10-24(27)31)19-5-2-6-20(15-19)34-16-17-11-13-18(14-12-17)28(32)33/h2,5-6,11-15,25H,3-4,7-10,16H2,1H3,(H,32,33). The molecule has 6 heteroatoms. The largest absolute Gasteiger partial charge is 0.489 e. The molecule has 0 radical (unpaired) electrons. The molecular formula is C28H27NO5. The van der Waals surface area contributed by atoms with Gasteiger partial charge in [-0.2, -0.15) is 0 Å². The van der Waals surface area contributed by atoms with E-state index < -0.39 is 5.97 Å². The summed E-state index contributed by atoms with van der Waals surface area (Å²) in [6.45, 7) is 0.288. The molecule has 0 atom stereocenters. The number of aromatic carboxylic acids is 1. The van der Waals surface area contributed by atoms with Crippen LogP contribution in [0.1, 0.15) is 65.9 Å². The fourth-order valence-electron chi connectivity index (χ4n) is 5.38. The van der Waals surface area contributed by atoms with Crippen LogP contribution in [0.2, 0.25) is 0 Å². The van der Waals surface area contributed by atoms with Gasteiger partial charge in [0.2, 0.25) is 0 Å². The first-order valence-electron chi connectivity index (χ1n) is 11.7. The van der Waals surface area contributed by atoms with E-state index >= 15 is 0 Å². The molecule has 2 aromatic carbocycles. The molecule has 0 amide bonds. The van der Waals surface area contributed by atoms with Crippen molar-refractivity contribution >= 4 is 17.5 Å². The van der Waals surface area contributed by atoms with Gasteiger partial charge in [-0.25, -0.2) is 4.79 Å². The van der Waals surface area contributed by atoms with Gasteiger partial charge in [0.05, 0.1) is 5.56 Å². The van der Waals surface area contributed by atoms with Crippen molar-refractivity contribution in [2.24, 2.45) is 0 Å². The molecule has 0 saturated heterocycles. The van der Waals surface area contributed by atoms with Crippen LogP contribution in [0.4, 0.5) is 0 Å². The van der Waals surface area contributed by atoms with Crippen molar-refractivity contribution < 1.29 is 24.2 Å². The second-order valence-corrected chi connectivity index (χ2v) is 9.13. The summed E-state index contributed by atoms with van der Waals surface area (Å²) in [5.41, 5.74) is 5.63. The third kappa shape index (κ3) is 3.94. The van der Waals surface area contributed by atoms with Gasteiger partial charge in [-0.1, -0.05) is 24.3 Å². The summed E-state index contributed by atoms with van der Waals surface area (Å²) in [6, 6.07) is 14.3. The smallest absolute Gasteiger partial charge is 0.335 e. The average molecular weight is 458 g/mol. The number of rotatable bonds is 5. The Labute approximate surface area is 198 Å². The summed E-state index contributed by atoms with van der Waals surface area (Å²) in [5.74, 6) is -0.398. The number of nitrogens with zero attached hydrogens (tertiary/aromatic N) is 1. The van der Waals surface area contributed by atoms with Crippen LogP contribution in [-0.4, -0.2) is 34.6 Å². The van der Waals surface area contributed by atoms with Gasteiger partial charge in [0.25, 0.3) is 0 Å². The predicted molar refractivity (Wildman–Crippen MR) is 126 cm³/mol. The van der Waals surface area contributed by atoms with Crippen molar-refractivity contribution in [3.05, 3.63) is 87.8 Å². The molecule has 5 rings (SSSR count). The average Bonchev–Trinajstić information content (AvgIpc) is 2.84.